The summed E-state index contributed by atoms with van der Waals surface area (Å²) in [6, 6.07) is 10.6. The number of rotatable bonds is 3. The van der Waals surface area contributed by atoms with E-state index in [1.54, 1.807) is 7.05 Å². The number of carbonyl (C=O) groups excluding carboxylic acids is 3. The van der Waals surface area contributed by atoms with Crippen molar-refractivity contribution in [1.82, 2.24) is 10.2 Å². The molecule has 1 saturated carbocycles. The molecule has 2 aliphatic rings. The summed E-state index contributed by atoms with van der Waals surface area (Å²) in [5, 5.41) is 2.97. The molecule has 2 fully saturated rings. The molecular weight excluding hydrogens is 292 g/mol. The van der Waals surface area contributed by atoms with E-state index < -0.39 is 17.6 Å². The fourth-order valence-corrected chi connectivity index (χ4v) is 3.58. The van der Waals surface area contributed by atoms with Crippen molar-refractivity contribution in [2.24, 2.45) is 5.92 Å². The Labute approximate surface area is 136 Å². The lowest BCUT2D eigenvalue weighted by molar-refractivity contribution is -0.142. The van der Waals surface area contributed by atoms with E-state index in [1.165, 1.54) is 10.5 Å². The SMILES string of the molecule is CN1CC(C(=O)NC2CCC(c3ccccc3)CC2)C(=O)C1=O. The molecule has 0 bridgehead atoms. The summed E-state index contributed by atoms with van der Waals surface area (Å²) in [5.74, 6) is -1.72. The van der Waals surface area contributed by atoms with Gasteiger partial charge in [0.2, 0.25) is 11.7 Å². The van der Waals surface area contributed by atoms with E-state index in [4.69, 9.17) is 0 Å². The van der Waals surface area contributed by atoms with Gasteiger partial charge in [0.15, 0.2) is 0 Å². The van der Waals surface area contributed by atoms with Gasteiger partial charge in [-0.15, -0.1) is 0 Å². The minimum atomic E-state index is -0.834. The third kappa shape index (κ3) is 3.28. The Morgan fingerprint density at radius 1 is 1.09 bits per heavy atom. The fourth-order valence-electron chi connectivity index (χ4n) is 3.58. The number of carbonyl (C=O) groups is 3. The van der Waals surface area contributed by atoms with Gasteiger partial charge in [-0.3, -0.25) is 14.4 Å². The zero-order valence-electron chi connectivity index (χ0n) is 13.3. The van der Waals surface area contributed by atoms with Gasteiger partial charge in [0.05, 0.1) is 0 Å². The molecule has 0 spiro atoms. The first kappa shape index (κ1) is 15.7. The second-order valence-electron chi connectivity index (χ2n) is 6.57. The standard InChI is InChI=1S/C18H22N2O3/c1-20-11-15(16(21)18(20)23)17(22)19-14-9-7-13(8-10-14)12-5-3-2-4-6-12/h2-6,13-15H,7-11H2,1H3,(H,19,22). The smallest absolute Gasteiger partial charge is 0.290 e. The summed E-state index contributed by atoms with van der Waals surface area (Å²) in [7, 11) is 1.55. The Balaban J connectivity index is 1.52. The number of ketones is 1. The first-order valence-corrected chi connectivity index (χ1v) is 8.21. The van der Waals surface area contributed by atoms with Crippen LogP contribution in [0.3, 0.4) is 0 Å². The normalized spacial score (nSPS) is 28.0. The molecular formula is C18H22N2O3. The van der Waals surface area contributed by atoms with Crippen LogP contribution in [0.4, 0.5) is 0 Å². The fraction of sp³-hybridized carbons (Fsp3) is 0.500. The lowest BCUT2D eigenvalue weighted by Crippen LogP contribution is -2.43. The van der Waals surface area contributed by atoms with Crippen LogP contribution < -0.4 is 5.32 Å². The summed E-state index contributed by atoms with van der Waals surface area (Å²) in [6.07, 6.45) is 3.89. The van der Waals surface area contributed by atoms with Gasteiger partial charge in [0, 0.05) is 19.6 Å². The van der Waals surface area contributed by atoms with E-state index in [9.17, 15) is 14.4 Å². The van der Waals surface area contributed by atoms with Crippen LogP contribution in [0.15, 0.2) is 30.3 Å². The first-order chi connectivity index (χ1) is 11.1. The molecule has 2 amide bonds. The maximum absolute atomic E-state index is 12.3. The number of nitrogens with one attached hydrogen (secondary N) is 1. The molecule has 1 N–H and O–H groups in total. The molecule has 1 atom stereocenters. The highest BCUT2D eigenvalue weighted by atomic mass is 16.2. The average molecular weight is 314 g/mol. The van der Waals surface area contributed by atoms with E-state index in [0.29, 0.717) is 5.92 Å². The molecule has 0 aromatic heterocycles. The summed E-state index contributed by atoms with van der Waals surface area (Å²) < 4.78 is 0. The Bertz CT molecular complexity index is 606. The van der Waals surface area contributed by atoms with Crippen LogP contribution in [0, 0.1) is 5.92 Å². The monoisotopic (exact) mass is 314 g/mol. The van der Waals surface area contributed by atoms with Crippen LogP contribution in [-0.4, -0.2) is 42.1 Å². The minimum Gasteiger partial charge on any atom is -0.353 e. The number of hydrogen-bond acceptors (Lipinski definition) is 3. The van der Waals surface area contributed by atoms with Crippen molar-refractivity contribution in [3.63, 3.8) is 0 Å². The van der Waals surface area contributed by atoms with E-state index in [0.717, 1.165) is 25.7 Å². The van der Waals surface area contributed by atoms with Crippen molar-refractivity contribution >= 4 is 17.6 Å². The predicted molar refractivity (Wildman–Crippen MR) is 85.7 cm³/mol. The van der Waals surface area contributed by atoms with E-state index in [1.807, 2.05) is 6.07 Å². The van der Waals surface area contributed by atoms with Crippen LogP contribution >= 0.6 is 0 Å². The molecule has 23 heavy (non-hydrogen) atoms. The van der Waals surface area contributed by atoms with Crippen molar-refractivity contribution in [3.05, 3.63) is 35.9 Å². The van der Waals surface area contributed by atoms with Crippen LogP contribution in [0.2, 0.25) is 0 Å². The quantitative estimate of drug-likeness (QED) is 0.679. The molecule has 1 aliphatic heterocycles. The minimum absolute atomic E-state index is 0.108. The number of nitrogens with zero attached hydrogens (tertiary/aromatic N) is 1. The maximum atomic E-state index is 12.3. The molecule has 5 heteroatoms. The van der Waals surface area contributed by atoms with Crippen LogP contribution in [0.25, 0.3) is 0 Å². The van der Waals surface area contributed by atoms with Gasteiger partial charge in [-0.25, -0.2) is 0 Å². The summed E-state index contributed by atoms with van der Waals surface area (Å²) >= 11 is 0. The number of Topliss-reactive ketones (excluding diaryl/α,β-unsaturated/α-hetero) is 1. The molecule has 1 aromatic carbocycles. The highest BCUT2D eigenvalue weighted by Gasteiger charge is 2.42. The van der Waals surface area contributed by atoms with Gasteiger partial charge < -0.3 is 10.2 Å². The van der Waals surface area contributed by atoms with E-state index in [-0.39, 0.29) is 18.5 Å². The lowest BCUT2D eigenvalue weighted by atomic mass is 9.81. The summed E-state index contributed by atoms with van der Waals surface area (Å²) in [5.41, 5.74) is 1.36. The topological polar surface area (TPSA) is 66.5 Å². The van der Waals surface area contributed by atoms with Crippen molar-refractivity contribution in [1.29, 1.82) is 0 Å². The Kier molecular flexibility index (Phi) is 4.46. The summed E-state index contributed by atoms with van der Waals surface area (Å²) in [4.78, 5) is 36.9. The van der Waals surface area contributed by atoms with Gasteiger partial charge in [-0.2, -0.15) is 0 Å². The van der Waals surface area contributed by atoms with Crippen molar-refractivity contribution in [3.8, 4) is 0 Å². The predicted octanol–water partition coefficient (Wildman–Crippen LogP) is 1.49. The molecule has 1 unspecified atom stereocenters. The third-order valence-corrected chi connectivity index (χ3v) is 4.99. The van der Waals surface area contributed by atoms with Crippen LogP contribution in [-0.2, 0) is 14.4 Å². The molecule has 1 aliphatic carbocycles. The maximum Gasteiger partial charge on any atom is 0.290 e. The summed E-state index contributed by atoms with van der Waals surface area (Å²) in [6.45, 7) is 0.197. The van der Waals surface area contributed by atoms with Crippen molar-refractivity contribution in [2.45, 2.75) is 37.6 Å². The van der Waals surface area contributed by atoms with Gasteiger partial charge >= 0.3 is 0 Å². The molecule has 5 nitrogen and oxygen atoms in total. The number of amides is 2. The zero-order chi connectivity index (χ0) is 16.4. The number of benzene rings is 1. The molecule has 3 rings (SSSR count). The Morgan fingerprint density at radius 2 is 1.74 bits per heavy atom. The molecule has 0 radical (unpaired) electrons. The van der Waals surface area contributed by atoms with Gasteiger partial charge in [-0.05, 0) is 37.2 Å². The third-order valence-electron chi connectivity index (χ3n) is 4.99. The van der Waals surface area contributed by atoms with E-state index >= 15 is 0 Å². The van der Waals surface area contributed by atoms with E-state index in [2.05, 4.69) is 29.6 Å². The Morgan fingerprint density at radius 3 is 2.30 bits per heavy atom. The molecule has 1 heterocycles. The van der Waals surface area contributed by atoms with Crippen LogP contribution in [0.1, 0.15) is 37.2 Å². The van der Waals surface area contributed by atoms with Gasteiger partial charge in [0.1, 0.15) is 5.92 Å². The van der Waals surface area contributed by atoms with Gasteiger partial charge in [-0.1, -0.05) is 30.3 Å². The van der Waals surface area contributed by atoms with Crippen LogP contribution in [0.5, 0.6) is 0 Å². The Hall–Kier alpha value is -2.17. The van der Waals surface area contributed by atoms with Gasteiger partial charge in [0.25, 0.3) is 5.91 Å². The molecule has 122 valence electrons. The molecule has 1 saturated heterocycles. The number of likely N-dealkylation sites (N-methyl/N-ethyl adjacent to an activating group) is 1. The second-order valence-corrected chi connectivity index (χ2v) is 6.57. The average Bonchev–Trinajstić information content (AvgIpc) is 2.84. The second kappa shape index (κ2) is 6.52. The number of hydrogen-bond donors (Lipinski definition) is 1. The first-order valence-electron chi connectivity index (χ1n) is 8.21. The van der Waals surface area contributed by atoms with Crippen molar-refractivity contribution < 1.29 is 14.4 Å². The largest absolute Gasteiger partial charge is 0.353 e. The highest BCUT2D eigenvalue weighted by Crippen LogP contribution is 2.32. The highest BCUT2D eigenvalue weighted by molar-refractivity contribution is 6.42. The lowest BCUT2D eigenvalue weighted by Gasteiger charge is -2.30. The van der Waals surface area contributed by atoms with Crippen molar-refractivity contribution in [2.75, 3.05) is 13.6 Å². The zero-order valence-corrected chi connectivity index (χ0v) is 13.3. The molecule has 1 aromatic rings. The number of likely N-dealkylation sites (tertiary alicyclic amines) is 1.